The Kier molecular flexibility index (Phi) is 7.75. The Hall–Kier alpha value is -3.64. The molecule has 0 unspecified atom stereocenters. The summed E-state index contributed by atoms with van der Waals surface area (Å²) in [6.45, 7) is 1.03. The van der Waals surface area contributed by atoms with Crippen LogP contribution in [0.5, 0.6) is 0 Å². The van der Waals surface area contributed by atoms with Crippen LogP contribution in [0.3, 0.4) is 0 Å². The molecule has 0 saturated heterocycles. The zero-order valence-corrected chi connectivity index (χ0v) is 15.4. The first-order valence-corrected chi connectivity index (χ1v) is 8.70. The van der Waals surface area contributed by atoms with Crippen molar-refractivity contribution in [2.24, 2.45) is 0 Å². The number of carbonyl (C=O) groups is 4. The van der Waals surface area contributed by atoms with Gasteiger partial charge >= 0.3 is 5.97 Å². The molecule has 3 amide bonds. The predicted octanol–water partition coefficient (Wildman–Crippen LogP) is 0.320. The van der Waals surface area contributed by atoms with Crippen molar-refractivity contribution in [1.29, 1.82) is 0 Å². The van der Waals surface area contributed by atoms with Crippen molar-refractivity contribution >= 4 is 29.3 Å². The molecular weight excluding hydrogens is 362 g/mol. The number of hydrogen-bond donors (Lipinski definition) is 3. The molecule has 0 saturated carbocycles. The Morgan fingerprint density at radius 3 is 2.18 bits per heavy atom. The summed E-state index contributed by atoms with van der Waals surface area (Å²) in [6, 6.07) is 6.92. The van der Waals surface area contributed by atoms with Crippen molar-refractivity contribution in [3.8, 4) is 0 Å². The van der Waals surface area contributed by atoms with Gasteiger partial charge in [-0.15, -0.1) is 5.73 Å². The molecule has 8 heteroatoms. The summed E-state index contributed by atoms with van der Waals surface area (Å²) in [5.74, 6) is -2.02. The van der Waals surface area contributed by atoms with E-state index in [1.54, 1.807) is 31.2 Å². The first-order chi connectivity index (χ1) is 13.5. The van der Waals surface area contributed by atoms with Crippen LogP contribution in [0.2, 0.25) is 0 Å². The number of ether oxygens (including phenoxy) is 1. The summed E-state index contributed by atoms with van der Waals surface area (Å²) in [6.07, 6.45) is 5.61. The average Bonchev–Trinajstić information content (AvgIpc) is 3.24. The van der Waals surface area contributed by atoms with Crippen molar-refractivity contribution in [3.63, 3.8) is 0 Å². The molecular formula is C20H21N3O5. The SMILES string of the molecule is CCOC(=O)CNC(=O)CNC(=O)CNC(=O)c1ccc(C2=C=CC=C2)cc1. The molecule has 146 valence electrons. The molecule has 0 fully saturated rings. The van der Waals surface area contributed by atoms with Gasteiger partial charge in [-0.25, -0.2) is 0 Å². The van der Waals surface area contributed by atoms with Gasteiger partial charge in [0.15, 0.2) is 0 Å². The first kappa shape index (κ1) is 20.7. The fourth-order valence-electron chi connectivity index (χ4n) is 2.26. The van der Waals surface area contributed by atoms with E-state index in [-0.39, 0.29) is 26.2 Å². The minimum absolute atomic E-state index is 0.222. The maximum Gasteiger partial charge on any atom is 0.325 e. The van der Waals surface area contributed by atoms with Crippen LogP contribution in [-0.2, 0) is 19.1 Å². The molecule has 0 atom stereocenters. The van der Waals surface area contributed by atoms with Crippen LogP contribution >= 0.6 is 0 Å². The molecule has 0 aromatic heterocycles. The van der Waals surface area contributed by atoms with E-state index in [0.717, 1.165) is 11.1 Å². The monoisotopic (exact) mass is 383 g/mol. The highest BCUT2D eigenvalue weighted by Gasteiger charge is 2.11. The molecule has 1 aliphatic rings. The lowest BCUT2D eigenvalue weighted by Gasteiger charge is -2.08. The molecule has 1 aliphatic carbocycles. The fraction of sp³-hybridized carbons (Fsp3) is 0.250. The largest absolute Gasteiger partial charge is 0.465 e. The van der Waals surface area contributed by atoms with E-state index in [9.17, 15) is 19.2 Å². The number of esters is 1. The zero-order chi connectivity index (χ0) is 20.4. The predicted molar refractivity (Wildman–Crippen MR) is 102 cm³/mol. The normalized spacial score (nSPS) is 11.5. The van der Waals surface area contributed by atoms with Gasteiger partial charge in [0.1, 0.15) is 6.54 Å². The number of amides is 3. The highest BCUT2D eigenvalue weighted by molar-refractivity contribution is 5.97. The lowest BCUT2D eigenvalue weighted by molar-refractivity contribution is -0.143. The summed E-state index contributed by atoms with van der Waals surface area (Å²) in [7, 11) is 0. The first-order valence-electron chi connectivity index (χ1n) is 8.70. The number of carbonyl (C=O) groups excluding carboxylic acids is 4. The zero-order valence-electron chi connectivity index (χ0n) is 15.4. The molecule has 2 rings (SSSR count). The topological polar surface area (TPSA) is 114 Å². The van der Waals surface area contributed by atoms with Crippen LogP contribution in [0.1, 0.15) is 22.8 Å². The number of allylic oxidation sites excluding steroid dienone is 3. The quantitative estimate of drug-likeness (QED) is 0.420. The summed E-state index contributed by atoms with van der Waals surface area (Å²) in [5, 5.41) is 7.14. The second-order valence-electron chi connectivity index (χ2n) is 5.70. The van der Waals surface area contributed by atoms with Crippen LogP contribution in [0, 0.1) is 0 Å². The third-order valence-corrected chi connectivity index (χ3v) is 3.65. The third-order valence-electron chi connectivity index (χ3n) is 3.65. The Labute approximate surface area is 162 Å². The van der Waals surface area contributed by atoms with Crippen LogP contribution < -0.4 is 16.0 Å². The number of nitrogens with one attached hydrogen (secondary N) is 3. The van der Waals surface area contributed by atoms with Crippen molar-refractivity contribution in [3.05, 3.63) is 59.4 Å². The van der Waals surface area contributed by atoms with Crippen LogP contribution in [0.25, 0.3) is 5.57 Å². The summed E-state index contributed by atoms with van der Waals surface area (Å²) in [4.78, 5) is 46.5. The lowest BCUT2D eigenvalue weighted by atomic mass is 10.1. The van der Waals surface area contributed by atoms with E-state index in [4.69, 9.17) is 0 Å². The molecule has 3 N–H and O–H groups in total. The van der Waals surface area contributed by atoms with Gasteiger partial charge in [-0.05, 0) is 36.8 Å². The molecule has 0 aliphatic heterocycles. The van der Waals surface area contributed by atoms with Gasteiger partial charge < -0.3 is 20.7 Å². The summed E-state index contributed by atoms with van der Waals surface area (Å²) >= 11 is 0. The smallest absolute Gasteiger partial charge is 0.325 e. The Morgan fingerprint density at radius 2 is 1.57 bits per heavy atom. The lowest BCUT2D eigenvalue weighted by Crippen LogP contribution is -2.43. The van der Waals surface area contributed by atoms with Crippen LogP contribution in [0.15, 0.2) is 48.2 Å². The van der Waals surface area contributed by atoms with E-state index >= 15 is 0 Å². The van der Waals surface area contributed by atoms with E-state index < -0.39 is 23.7 Å². The molecule has 0 spiro atoms. The molecule has 1 aromatic rings. The molecule has 0 bridgehead atoms. The van der Waals surface area contributed by atoms with E-state index in [1.165, 1.54) is 0 Å². The molecule has 0 radical (unpaired) electrons. The van der Waals surface area contributed by atoms with E-state index in [0.29, 0.717) is 5.56 Å². The minimum Gasteiger partial charge on any atom is -0.465 e. The molecule has 8 nitrogen and oxygen atoms in total. The second kappa shape index (κ2) is 10.5. The third kappa shape index (κ3) is 6.59. The van der Waals surface area contributed by atoms with Crippen molar-refractivity contribution in [2.45, 2.75) is 6.92 Å². The molecule has 28 heavy (non-hydrogen) atoms. The Bertz CT molecular complexity index is 849. The van der Waals surface area contributed by atoms with Gasteiger partial charge in [0.25, 0.3) is 5.91 Å². The van der Waals surface area contributed by atoms with E-state index in [1.807, 2.05) is 18.2 Å². The maximum atomic E-state index is 12.1. The standard InChI is InChI=1S/C20H21N3O5/c1-2-28-19(26)13-22-17(24)11-21-18(25)12-23-20(27)16-9-7-15(8-10-16)14-5-3-4-6-14/h3-5,7-10H,2,11-13H2,1H3,(H,21,25)(H,22,24)(H,23,27). The molecule has 1 aromatic carbocycles. The maximum absolute atomic E-state index is 12.1. The van der Waals surface area contributed by atoms with Crippen molar-refractivity contribution in [1.82, 2.24) is 16.0 Å². The van der Waals surface area contributed by atoms with E-state index in [2.05, 4.69) is 26.4 Å². The molecule has 0 heterocycles. The minimum atomic E-state index is -0.559. The highest BCUT2D eigenvalue weighted by atomic mass is 16.5. The highest BCUT2D eigenvalue weighted by Crippen LogP contribution is 2.18. The average molecular weight is 383 g/mol. The fourth-order valence-corrected chi connectivity index (χ4v) is 2.26. The van der Waals surface area contributed by atoms with Gasteiger partial charge in [-0.3, -0.25) is 19.2 Å². The van der Waals surface area contributed by atoms with Gasteiger partial charge in [-0.1, -0.05) is 18.2 Å². The van der Waals surface area contributed by atoms with Gasteiger partial charge in [0.05, 0.1) is 19.7 Å². The summed E-state index contributed by atoms with van der Waals surface area (Å²) < 4.78 is 4.66. The number of benzene rings is 1. The van der Waals surface area contributed by atoms with Gasteiger partial charge in [-0.2, -0.15) is 0 Å². The van der Waals surface area contributed by atoms with Crippen LogP contribution in [0.4, 0.5) is 0 Å². The van der Waals surface area contributed by atoms with Crippen molar-refractivity contribution < 1.29 is 23.9 Å². The number of rotatable bonds is 9. The van der Waals surface area contributed by atoms with Crippen LogP contribution in [-0.4, -0.2) is 49.9 Å². The van der Waals surface area contributed by atoms with Gasteiger partial charge in [0, 0.05) is 11.1 Å². The second-order valence-corrected chi connectivity index (χ2v) is 5.70. The van der Waals surface area contributed by atoms with Gasteiger partial charge in [0.2, 0.25) is 11.8 Å². The Morgan fingerprint density at radius 1 is 0.929 bits per heavy atom. The summed E-state index contributed by atoms with van der Waals surface area (Å²) in [5.41, 5.74) is 5.36. The Balaban J connectivity index is 1.70. The number of hydrogen-bond acceptors (Lipinski definition) is 5. The van der Waals surface area contributed by atoms with Crippen molar-refractivity contribution in [2.75, 3.05) is 26.2 Å².